The van der Waals surface area contributed by atoms with E-state index in [1.165, 1.54) is 0 Å². The number of pyridine rings is 1. The molecule has 0 amide bonds. The van der Waals surface area contributed by atoms with Gasteiger partial charge in [-0.05, 0) is 28.0 Å². The molecule has 1 aromatic rings. The maximum atomic E-state index is 7.22. The molecule has 0 aromatic carbocycles. The number of halogens is 1. The number of hydrogen-bond acceptors (Lipinski definition) is 2. The van der Waals surface area contributed by atoms with E-state index in [2.05, 4.69) is 20.9 Å². The highest BCUT2D eigenvalue weighted by Gasteiger charge is 1.88. The van der Waals surface area contributed by atoms with Crippen LogP contribution >= 0.6 is 15.9 Å². The number of hydrogen-bond donors (Lipinski definition) is 1. The van der Waals surface area contributed by atoms with Crippen LogP contribution in [-0.4, -0.2) is 4.98 Å². The second-order valence-electron chi connectivity index (χ2n) is 1.18. The molecule has 8 heavy (non-hydrogen) atoms. The summed E-state index contributed by atoms with van der Waals surface area (Å²) >= 11 is 2.97. The molecule has 0 saturated heterocycles. The number of aromatic nitrogens is 1. The van der Waals surface area contributed by atoms with Gasteiger partial charge < -0.3 is 5.73 Å². The van der Waals surface area contributed by atoms with Gasteiger partial charge in [-0.15, -0.1) is 0 Å². The van der Waals surface area contributed by atoms with E-state index in [0.29, 0.717) is 0 Å². The predicted octanol–water partition coefficient (Wildman–Crippen LogP) is 1.43. The number of anilines is 1. The Hall–Kier alpha value is -0.570. The van der Waals surface area contributed by atoms with Crippen LogP contribution in [0.4, 0.5) is 5.69 Å². The van der Waals surface area contributed by atoms with Crippen molar-refractivity contribution in [2.45, 2.75) is 0 Å². The quantitative estimate of drug-likeness (QED) is 0.607. The second kappa shape index (κ2) is 2.13. The van der Waals surface area contributed by atoms with Gasteiger partial charge in [0, 0.05) is 6.17 Å². The van der Waals surface area contributed by atoms with Crippen molar-refractivity contribution in [2.75, 3.05) is 5.73 Å². The van der Waals surface area contributed by atoms with Crippen LogP contribution in [0.5, 0.6) is 0 Å². The SMILES string of the molecule is [2H]c1nc(Br)c(N)c([2H])c1[2H]. The first-order valence-electron chi connectivity index (χ1n) is 3.42. The molecular formula is C5H5BrN2. The lowest BCUT2D eigenvalue weighted by Crippen LogP contribution is -1.86. The van der Waals surface area contributed by atoms with Crippen molar-refractivity contribution in [3.05, 3.63) is 22.9 Å². The van der Waals surface area contributed by atoms with Crippen molar-refractivity contribution >= 4 is 21.6 Å². The van der Waals surface area contributed by atoms with Gasteiger partial charge in [0.15, 0.2) is 0 Å². The molecule has 0 aliphatic rings. The molecule has 0 spiro atoms. The van der Waals surface area contributed by atoms with Gasteiger partial charge in [-0.2, -0.15) is 0 Å². The molecule has 0 fully saturated rings. The third-order valence-corrected chi connectivity index (χ3v) is 1.23. The minimum atomic E-state index is -0.245. The number of nitrogens with zero attached hydrogens (tertiary/aromatic N) is 1. The first-order chi connectivity index (χ1) is 5.04. The highest BCUT2D eigenvalue weighted by atomic mass is 79.9. The Kier molecular flexibility index (Phi) is 0.753. The molecule has 1 aromatic heterocycles. The molecule has 3 heteroatoms. The first kappa shape index (κ1) is 2.82. The lowest BCUT2D eigenvalue weighted by atomic mass is 10.4. The molecular weight excluding hydrogens is 168 g/mol. The number of nitrogen functional groups attached to an aromatic ring is 1. The lowest BCUT2D eigenvalue weighted by Gasteiger charge is -1.90. The van der Waals surface area contributed by atoms with Gasteiger partial charge in [0.2, 0.25) is 0 Å². The fraction of sp³-hybridized carbons (Fsp3) is 0. The molecule has 0 aliphatic heterocycles. The van der Waals surface area contributed by atoms with Crippen LogP contribution in [0.1, 0.15) is 4.11 Å². The Morgan fingerprint density at radius 2 is 2.62 bits per heavy atom. The molecule has 0 atom stereocenters. The van der Waals surface area contributed by atoms with E-state index in [4.69, 9.17) is 9.85 Å². The Labute approximate surface area is 60.1 Å². The predicted molar refractivity (Wildman–Crippen MR) is 36.3 cm³/mol. The summed E-state index contributed by atoms with van der Waals surface area (Å²) in [6, 6.07) is -0.400. The van der Waals surface area contributed by atoms with Crippen molar-refractivity contribution in [3.63, 3.8) is 0 Å². The van der Waals surface area contributed by atoms with E-state index in [-0.39, 0.29) is 28.5 Å². The Balaban J connectivity index is 3.46. The van der Waals surface area contributed by atoms with E-state index in [9.17, 15) is 0 Å². The molecule has 0 aliphatic carbocycles. The van der Waals surface area contributed by atoms with Crippen LogP contribution in [0, 0.1) is 0 Å². The molecule has 42 valence electrons. The minimum absolute atomic E-state index is 0.103. The average molecular weight is 176 g/mol. The topological polar surface area (TPSA) is 38.9 Å². The lowest BCUT2D eigenvalue weighted by molar-refractivity contribution is 1.28. The highest BCUT2D eigenvalue weighted by molar-refractivity contribution is 9.10. The Bertz CT molecular complexity index is 276. The Morgan fingerprint density at radius 1 is 1.88 bits per heavy atom. The number of rotatable bonds is 0. The largest absolute Gasteiger partial charge is 0.397 e. The Morgan fingerprint density at radius 3 is 3.38 bits per heavy atom. The maximum absolute atomic E-state index is 7.22. The highest BCUT2D eigenvalue weighted by Crippen LogP contribution is 2.12. The van der Waals surface area contributed by atoms with E-state index in [0.717, 1.165) is 0 Å². The fourth-order valence-corrected chi connectivity index (χ4v) is 0.472. The van der Waals surface area contributed by atoms with Gasteiger partial charge in [0.05, 0.1) is 9.80 Å². The van der Waals surface area contributed by atoms with E-state index in [1.807, 2.05) is 0 Å². The van der Waals surface area contributed by atoms with Crippen LogP contribution in [0.25, 0.3) is 0 Å². The minimum Gasteiger partial charge on any atom is -0.397 e. The summed E-state index contributed by atoms with van der Waals surface area (Å²) in [5.74, 6) is 0. The van der Waals surface area contributed by atoms with Crippen LogP contribution < -0.4 is 5.73 Å². The molecule has 1 heterocycles. The van der Waals surface area contributed by atoms with E-state index in [1.54, 1.807) is 0 Å². The van der Waals surface area contributed by atoms with Crippen LogP contribution in [0.15, 0.2) is 22.9 Å². The third kappa shape index (κ3) is 0.980. The molecule has 1 rings (SSSR count). The number of nitrogens with two attached hydrogens (primary N) is 1. The van der Waals surface area contributed by atoms with Gasteiger partial charge in [-0.1, -0.05) is 0 Å². The smallest absolute Gasteiger partial charge is 0.128 e. The monoisotopic (exact) mass is 175 g/mol. The maximum Gasteiger partial charge on any atom is 0.128 e. The summed E-state index contributed by atoms with van der Waals surface area (Å²) in [4.78, 5) is 3.58. The van der Waals surface area contributed by atoms with Crippen molar-refractivity contribution in [1.29, 1.82) is 0 Å². The third-order valence-electron chi connectivity index (χ3n) is 0.629. The molecule has 2 nitrogen and oxygen atoms in total. The molecule has 0 radical (unpaired) electrons. The molecule has 0 saturated carbocycles. The van der Waals surface area contributed by atoms with Crippen LogP contribution in [-0.2, 0) is 0 Å². The fourth-order valence-electron chi connectivity index (χ4n) is 0.284. The zero-order chi connectivity index (χ0) is 8.59. The van der Waals surface area contributed by atoms with Gasteiger partial charge in [0.25, 0.3) is 0 Å². The summed E-state index contributed by atoms with van der Waals surface area (Å²) in [6.07, 6.45) is -0.240. The second-order valence-corrected chi connectivity index (χ2v) is 1.93. The van der Waals surface area contributed by atoms with E-state index < -0.39 is 0 Å². The molecule has 0 bridgehead atoms. The normalized spacial score (nSPS) is 14.4. The van der Waals surface area contributed by atoms with Gasteiger partial charge in [-0.25, -0.2) is 4.98 Å². The summed E-state index contributed by atoms with van der Waals surface area (Å²) in [5, 5.41) is 0. The van der Waals surface area contributed by atoms with Crippen LogP contribution in [0.3, 0.4) is 0 Å². The van der Waals surface area contributed by atoms with Gasteiger partial charge in [-0.3, -0.25) is 0 Å². The summed E-state index contributed by atoms with van der Waals surface area (Å²) in [7, 11) is 0. The summed E-state index contributed by atoms with van der Waals surface area (Å²) in [6.45, 7) is 0. The van der Waals surface area contributed by atoms with Crippen LogP contribution in [0.2, 0.25) is 0 Å². The van der Waals surface area contributed by atoms with E-state index >= 15 is 0 Å². The van der Waals surface area contributed by atoms with Gasteiger partial charge in [0.1, 0.15) is 4.60 Å². The summed E-state index contributed by atoms with van der Waals surface area (Å²) < 4.78 is 21.7. The van der Waals surface area contributed by atoms with Crippen molar-refractivity contribution in [1.82, 2.24) is 4.98 Å². The standard InChI is InChI=1S/C5H5BrN2/c6-5-4(7)2-1-3-8-5/h1-3H,7H2/i1D,2D,3D. The molecule has 0 unspecified atom stereocenters. The zero-order valence-corrected chi connectivity index (χ0v) is 5.49. The van der Waals surface area contributed by atoms with Crippen molar-refractivity contribution in [2.24, 2.45) is 0 Å². The first-order valence-corrected chi connectivity index (χ1v) is 2.72. The average Bonchev–Trinajstić information content (AvgIpc) is 1.97. The zero-order valence-electron chi connectivity index (χ0n) is 6.90. The molecule has 2 N–H and O–H groups in total. The van der Waals surface area contributed by atoms with Crippen molar-refractivity contribution in [3.8, 4) is 0 Å². The van der Waals surface area contributed by atoms with Crippen molar-refractivity contribution < 1.29 is 4.11 Å². The summed E-state index contributed by atoms with van der Waals surface area (Å²) in [5.41, 5.74) is 5.45. The van der Waals surface area contributed by atoms with Gasteiger partial charge >= 0.3 is 0 Å².